The van der Waals surface area contributed by atoms with E-state index in [-0.39, 0.29) is 5.82 Å². The lowest BCUT2D eigenvalue weighted by atomic mass is 10.1. The zero-order valence-corrected chi connectivity index (χ0v) is 11.2. The minimum absolute atomic E-state index is 0.0458. The Bertz CT molecular complexity index is 511. The second-order valence-corrected chi connectivity index (χ2v) is 5.01. The SMILES string of the molecule is Nc1nc(=O)n(C2O[C@@H](CO)[C@@H](O)[C@@H]2F)cc1I. The number of alkyl halides is 1. The number of rotatable bonds is 2. The Morgan fingerprint density at radius 2 is 2.33 bits per heavy atom. The second kappa shape index (κ2) is 5.07. The summed E-state index contributed by atoms with van der Waals surface area (Å²) in [6.45, 7) is -0.535. The van der Waals surface area contributed by atoms with E-state index >= 15 is 0 Å². The molecule has 0 amide bonds. The van der Waals surface area contributed by atoms with Gasteiger partial charge in [0.25, 0.3) is 0 Å². The van der Waals surface area contributed by atoms with E-state index in [1.807, 2.05) is 22.6 Å². The van der Waals surface area contributed by atoms with Crippen LogP contribution in [0.25, 0.3) is 0 Å². The highest BCUT2D eigenvalue weighted by molar-refractivity contribution is 14.1. The van der Waals surface area contributed by atoms with Crippen LogP contribution in [0.15, 0.2) is 11.0 Å². The molecule has 100 valence electrons. The number of ether oxygens (including phenoxy) is 1. The molecule has 4 atom stereocenters. The molecule has 4 N–H and O–H groups in total. The number of hydrogen-bond acceptors (Lipinski definition) is 6. The Labute approximate surface area is 115 Å². The first-order chi connectivity index (χ1) is 8.45. The summed E-state index contributed by atoms with van der Waals surface area (Å²) >= 11 is 1.84. The molecule has 0 bridgehead atoms. The Balaban J connectivity index is 2.39. The Hall–Kier alpha value is -0.780. The van der Waals surface area contributed by atoms with Crippen LogP contribution >= 0.6 is 22.6 Å². The summed E-state index contributed by atoms with van der Waals surface area (Å²) in [6, 6.07) is 0. The van der Waals surface area contributed by atoms with Gasteiger partial charge in [-0.05, 0) is 22.6 Å². The summed E-state index contributed by atoms with van der Waals surface area (Å²) < 4.78 is 20.3. The van der Waals surface area contributed by atoms with Gasteiger partial charge in [-0.3, -0.25) is 4.57 Å². The highest BCUT2D eigenvalue weighted by atomic mass is 127. The number of nitrogens with two attached hydrogens (primary N) is 1. The van der Waals surface area contributed by atoms with Crippen LogP contribution < -0.4 is 11.4 Å². The van der Waals surface area contributed by atoms with Gasteiger partial charge in [-0.15, -0.1) is 0 Å². The van der Waals surface area contributed by atoms with Gasteiger partial charge in [0.1, 0.15) is 18.0 Å². The summed E-state index contributed by atoms with van der Waals surface area (Å²) in [5.74, 6) is 0.0458. The van der Waals surface area contributed by atoms with Crippen LogP contribution in [-0.2, 0) is 4.74 Å². The van der Waals surface area contributed by atoms with E-state index in [0.717, 1.165) is 4.57 Å². The third kappa shape index (κ3) is 2.22. The molecule has 1 saturated heterocycles. The predicted octanol–water partition coefficient (Wildman–Crippen LogP) is -0.981. The van der Waals surface area contributed by atoms with Crippen molar-refractivity contribution in [1.29, 1.82) is 0 Å². The third-order valence-corrected chi connectivity index (χ3v) is 3.51. The van der Waals surface area contributed by atoms with E-state index in [4.69, 9.17) is 15.6 Å². The van der Waals surface area contributed by atoms with Crippen LogP contribution in [0.5, 0.6) is 0 Å². The maximum Gasteiger partial charge on any atom is 0.351 e. The maximum atomic E-state index is 13.8. The summed E-state index contributed by atoms with van der Waals surface area (Å²) in [5.41, 5.74) is 4.68. The van der Waals surface area contributed by atoms with Crippen LogP contribution in [0.1, 0.15) is 6.23 Å². The van der Waals surface area contributed by atoms with Gasteiger partial charge in [0.15, 0.2) is 12.4 Å². The standard InChI is InChI=1S/C9H11FIN3O4/c10-5-6(16)4(2-15)18-8(5)14-1-3(11)7(12)13-9(14)17/h1,4-6,8,15-16H,2H2,(H2,12,13,17)/t4-,5-,6+,8?/m0/s1. The molecule has 0 aliphatic carbocycles. The van der Waals surface area contributed by atoms with Crippen molar-refractivity contribution < 1.29 is 19.3 Å². The van der Waals surface area contributed by atoms with Crippen LogP contribution in [0, 0.1) is 3.57 Å². The van der Waals surface area contributed by atoms with Gasteiger partial charge < -0.3 is 20.7 Å². The fraction of sp³-hybridized carbons (Fsp3) is 0.556. The summed E-state index contributed by atoms with van der Waals surface area (Å²) in [6.07, 6.45) is -4.38. The van der Waals surface area contributed by atoms with Crippen molar-refractivity contribution in [1.82, 2.24) is 9.55 Å². The Morgan fingerprint density at radius 3 is 2.89 bits per heavy atom. The molecule has 2 rings (SSSR count). The number of anilines is 1. The topological polar surface area (TPSA) is 111 Å². The first-order valence-corrected chi connectivity index (χ1v) is 6.16. The number of aliphatic hydroxyl groups excluding tert-OH is 2. The predicted molar refractivity (Wildman–Crippen MR) is 67.5 cm³/mol. The van der Waals surface area contributed by atoms with E-state index in [2.05, 4.69) is 4.98 Å². The molecule has 7 nitrogen and oxygen atoms in total. The third-order valence-electron chi connectivity index (χ3n) is 2.68. The smallest absolute Gasteiger partial charge is 0.351 e. The van der Waals surface area contributed by atoms with Crippen LogP contribution in [-0.4, -0.2) is 44.8 Å². The number of aliphatic hydroxyl groups is 2. The molecule has 1 unspecified atom stereocenters. The van der Waals surface area contributed by atoms with E-state index in [1.165, 1.54) is 6.20 Å². The van der Waals surface area contributed by atoms with Crippen molar-refractivity contribution >= 4 is 28.4 Å². The van der Waals surface area contributed by atoms with Crippen LogP contribution in [0.3, 0.4) is 0 Å². The lowest BCUT2D eigenvalue weighted by molar-refractivity contribution is -0.0491. The largest absolute Gasteiger partial charge is 0.394 e. The molecule has 1 aromatic heterocycles. The number of nitrogen functional groups attached to an aromatic ring is 1. The molecular weight excluding hydrogens is 360 g/mol. The first-order valence-electron chi connectivity index (χ1n) is 5.08. The molecule has 1 fully saturated rings. The van der Waals surface area contributed by atoms with Crippen molar-refractivity contribution in [2.75, 3.05) is 12.3 Å². The minimum atomic E-state index is -1.82. The Kier molecular flexibility index (Phi) is 3.84. The molecule has 1 aliphatic heterocycles. The molecule has 2 heterocycles. The summed E-state index contributed by atoms with van der Waals surface area (Å²) in [5, 5.41) is 18.4. The minimum Gasteiger partial charge on any atom is -0.394 e. The van der Waals surface area contributed by atoms with Crippen molar-refractivity contribution in [2.45, 2.75) is 24.6 Å². The number of aromatic nitrogens is 2. The zero-order valence-electron chi connectivity index (χ0n) is 9.03. The van der Waals surface area contributed by atoms with Crippen molar-refractivity contribution in [2.24, 2.45) is 0 Å². The lowest BCUT2D eigenvalue weighted by Crippen LogP contribution is -2.34. The van der Waals surface area contributed by atoms with E-state index in [9.17, 15) is 14.3 Å². The zero-order chi connectivity index (χ0) is 13.4. The quantitative estimate of drug-likeness (QED) is 0.577. The molecule has 18 heavy (non-hydrogen) atoms. The molecule has 0 saturated carbocycles. The van der Waals surface area contributed by atoms with Gasteiger partial charge >= 0.3 is 5.69 Å². The molecule has 9 heteroatoms. The number of nitrogens with zero attached hydrogens (tertiary/aromatic N) is 2. The van der Waals surface area contributed by atoms with E-state index in [1.54, 1.807) is 0 Å². The van der Waals surface area contributed by atoms with Gasteiger partial charge in [-0.1, -0.05) is 0 Å². The Morgan fingerprint density at radius 1 is 1.67 bits per heavy atom. The number of halogens is 2. The fourth-order valence-corrected chi connectivity index (χ4v) is 2.14. The average molecular weight is 371 g/mol. The average Bonchev–Trinajstić information content (AvgIpc) is 2.61. The van der Waals surface area contributed by atoms with E-state index in [0.29, 0.717) is 3.57 Å². The second-order valence-electron chi connectivity index (χ2n) is 3.85. The fourth-order valence-electron chi connectivity index (χ4n) is 1.72. The van der Waals surface area contributed by atoms with Gasteiger partial charge in [-0.2, -0.15) is 4.98 Å². The first kappa shape index (κ1) is 13.6. The van der Waals surface area contributed by atoms with Gasteiger partial charge in [0, 0.05) is 6.20 Å². The molecule has 0 radical (unpaired) electrons. The van der Waals surface area contributed by atoms with Crippen molar-refractivity contribution in [3.8, 4) is 0 Å². The van der Waals surface area contributed by atoms with Crippen molar-refractivity contribution in [3.63, 3.8) is 0 Å². The van der Waals surface area contributed by atoms with E-state index < -0.39 is 36.9 Å². The van der Waals surface area contributed by atoms with Gasteiger partial charge in [-0.25, -0.2) is 9.18 Å². The highest BCUT2D eigenvalue weighted by Gasteiger charge is 2.45. The normalized spacial score (nSPS) is 31.8. The molecular formula is C9H11FIN3O4. The summed E-state index contributed by atoms with van der Waals surface area (Å²) in [7, 11) is 0. The summed E-state index contributed by atoms with van der Waals surface area (Å²) in [4.78, 5) is 15.1. The molecule has 1 aliphatic rings. The van der Waals surface area contributed by atoms with Gasteiger partial charge in [0.05, 0.1) is 10.2 Å². The van der Waals surface area contributed by atoms with Crippen molar-refractivity contribution in [3.05, 3.63) is 20.3 Å². The molecule has 0 spiro atoms. The number of hydrogen-bond donors (Lipinski definition) is 3. The monoisotopic (exact) mass is 371 g/mol. The molecule has 1 aromatic rings. The van der Waals surface area contributed by atoms with Gasteiger partial charge in [0.2, 0.25) is 0 Å². The lowest BCUT2D eigenvalue weighted by Gasteiger charge is -2.16. The highest BCUT2D eigenvalue weighted by Crippen LogP contribution is 2.31. The maximum absolute atomic E-state index is 13.8. The van der Waals surface area contributed by atoms with Crippen LogP contribution in [0.2, 0.25) is 0 Å². The van der Waals surface area contributed by atoms with Crippen LogP contribution in [0.4, 0.5) is 10.2 Å². The molecule has 0 aromatic carbocycles.